The lowest BCUT2D eigenvalue weighted by molar-refractivity contribution is 0.354. The fourth-order valence-corrected chi connectivity index (χ4v) is 1.63. The summed E-state index contributed by atoms with van der Waals surface area (Å²) >= 11 is 0. The molecule has 0 aliphatic rings. The van der Waals surface area contributed by atoms with Gasteiger partial charge in [-0.1, -0.05) is 51.6 Å². The average Bonchev–Trinajstić information content (AvgIpc) is 2.60. The van der Waals surface area contributed by atoms with Crippen molar-refractivity contribution in [1.82, 2.24) is 10.1 Å². The van der Waals surface area contributed by atoms with Crippen LogP contribution in [0.2, 0.25) is 0 Å². The minimum absolute atomic E-state index is 0.0973. The van der Waals surface area contributed by atoms with Crippen LogP contribution >= 0.6 is 0 Å². The van der Waals surface area contributed by atoms with Crippen molar-refractivity contribution in [3.63, 3.8) is 0 Å². The second-order valence-corrected chi connectivity index (χ2v) is 4.64. The molecule has 0 fully saturated rings. The highest BCUT2D eigenvalue weighted by molar-refractivity contribution is 4.99. The van der Waals surface area contributed by atoms with Crippen LogP contribution in [-0.2, 0) is 5.41 Å². The minimum atomic E-state index is -0.466. The van der Waals surface area contributed by atoms with E-state index in [0.29, 0.717) is 5.82 Å². The number of H-pyrrole nitrogens is 1. The van der Waals surface area contributed by atoms with Crippen molar-refractivity contribution in [3.05, 3.63) is 16.4 Å². The van der Waals surface area contributed by atoms with Gasteiger partial charge in [0.2, 0.25) is 0 Å². The highest BCUT2D eigenvalue weighted by atomic mass is 16.5. The topological polar surface area (TPSA) is 58.9 Å². The molecule has 0 bridgehead atoms. The van der Waals surface area contributed by atoms with Crippen LogP contribution in [0.25, 0.3) is 0 Å². The van der Waals surface area contributed by atoms with Crippen LogP contribution in [0, 0.1) is 0 Å². The maximum atomic E-state index is 10.8. The smallest absolute Gasteiger partial charge is 0.296 e. The van der Waals surface area contributed by atoms with Crippen LogP contribution in [0.4, 0.5) is 0 Å². The van der Waals surface area contributed by atoms with Crippen molar-refractivity contribution in [3.8, 4) is 0 Å². The van der Waals surface area contributed by atoms with Gasteiger partial charge in [-0.15, -0.1) is 0 Å². The van der Waals surface area contributed by atoms with Crippen molar-refractivity contribution < 1.29 is 4.52 Å². The SMILES string of the molecule is CCCCCCC(C)(C)c1noc(=O)[nH]1. The lowest BCUT2D eigenvalue weighted by atomic mass is 9.86. The van der Waals surface area contributed by atoms with Gasteiger partial charge in [-0.05, 0) is 6.42 Å². The molecule has 0 saturated heterocycles. The summed E-state index contributed by atoms with van der Waals surface area (Å²) in [5, 5.41) is 3.74. The molecule has 0 spiro atoms. The predicted molar refractivity (Wildman–Crippen MR) is 58.9 cm³/mol. The molecule has 0 aliphatic heterocycles. The van der Waals surface area contributed by atoms with Crippen molar-refractivity contribution in [2.45, 2.75) is 58.3 Å². The lowest BCUT2D eigenvalue weighted by Gasteiger charge is -2.20. The van der Waals surface area contributed by atoms with Crippen LogP contribution in [0.3, 0.4) is 0 Å². The van der Waals surface area contributed by atoms with Crippen molar-refractivity contribution >= 4 is 0 Å². The molecule has 86 valence electrons. The van der Waals surface area contributed by atoms with Crippen molar-refractivity contribution in [1.29, 1.82) is 0 Å². The number of hydrogen-bond acceptors (Lipinski definition) is 3. The molecule has 1 N–H and O–H groups in total. The molecule has 1 aromatic rings. The van der Waals surface area contributed by atoms with E-state index in [0.717, 1.165) is 12.8 Å². The third-order valence-corrected chi connectivity index (χ3v) is 2.74. The Balaban J connectivity index is 2.48. The van der Waals surface area contributed by atoms with E-state index in [-0.39, 0.29) is 5.41 Å². The Morgan fingerprint density at radius 2 is 2.07 bits per heavy atom. The molecule has 15 heavy (non-hydrogen) atoms. The molecule has 0 amide bonds. The zero-order valence-electron chi connectivity index (χ0n) is 9.80. The second-order valence-electron chi connectivity index (χ2n) is 4.64. The highest BCUT2D eigenvalue weighted by Crippen LogP contribution is 2.25. The Labute approximate surface area is 90.1 Å². The summed E-state index contributed by atoms with van der Waals surface area (Å²) in [6, 6.07) is 0. The Bertz CT molecular complexity index is 338. The first-order chi connectivity index (χ1) is 7.06. The monoisotopic (exact) mass is 212 g/mol. The van der Waals surface area contributed by atoms with Crippen molar-refractivity contribution in [2.24, 2.45) is 0 Å². The summed E-state index contributed by atoms with van der Waals surface area (Å²) in [5.41, 5.74) is -0.0973. The predicted octanol–water partition coefficient (Wildman–Crippen LogP) is 2.61. The Morgan fingerprint density at radius 3 is 2.60 bits per heavy atom. The van der Waals surface area contributed by atoms with Crippen LogP contribution in [-0.4, -0.2) is 10.1 Å². The average molecular weight is 212 g/mol. The quantitative estimate of drug-likeness (QED) is 0.737. The van der Waals surface area contributed by atoms with Gasteiger partial charge in [-0.2, -0.15) is 0 Å². The van der Waals surface area contributed by atoms with E-state index in [1.807, 2.05) is 0 Å². The number of nitrogens with one attached hydrogen (secondary N) is 1. The second kappa shape index (κ2) is 5.14. The van der Waals surface area contributed by atoms with Gasteiger partial charge >= 0.3 is 5.76 Å². The molecule has 4 nitrogen and oxygen atoms in total. The molecular formula is C11H20N2O2. The Hall–Kier alpha value is -1.06. The zero-order valence-corrected chi connectivity index (χ0v) is 9.80. The molecule has 1 heterocycles. The summed E-state index contributed by atoms with van der Waals surface area (Å²) in [6.45, 7) is 6.35. The third-order valence-electron chi connectivity index (χ3n) is 2.74. The molecule has 0 radical (unpaired) electrons. The van der Waals surface area contributed by atoms with Crippen LogP contribution < -0.4 is 5.76 Å². The van der Waals surface area contributed by atoms with Gasteiger partial charge in [-0.25, -0.2) is 4.79 Å². The Morgan fingerprint density at radius 1 is 1.33 bits per heavy atom. The molecule has 1 rings (SSSR count). The minimum Gasteiger partial charge on any atom is -0.296 e. The molecule has 0 atom stereocenters. The van der Waals surface area contributed by atoms with Gasteiger partial charge in [0, 0.05) is 5.41 Å². The zero-order chi connectivity index (χ0) is 11.3. The van der Waals surface area contributed by atoms with Crippen molar-refractivity contribution in [2.75, 3.05) is 0 Å². The van der Waals surface area contributed by atoms with Gasteiger partial charge in [0.25, 0.3) is 0 Å². The summed E-state index contributed by atoms with van der Waals surface area (Å²) in [4.78, 5) is 13.5. The fraction of sp³-hybridized carbons (Fsp3) is 0.818. The number of unbranched alkanes of at least 4 members (excludes halogenated alkanes) is 3. The third kappa shape index (κ3) is 3.53. The number of nitrogens with zero attached hydrogens (tertiary/aromatic N) is 1. The number of hydrogen-bond donors (Lipinski definition) is 1. The maximum Gasteiger partial charge on any atom is 0.438 e. The normalized spacial score (nSPS) is 11.9. The summed E-state index contributed by atoms with van der Waals surface area (Å²) < 4.78 is 4.52. The molecular weight excluding hydrogens is 192 g/mol. The molecule has 0 unspecified atom stereocenters. The summed E-state index contributed by atoms with van der Waals surface area (Å²) in [5.74, 6) is 0.190. The van der Waals surface area contributed by atoms with Gasteiger partial charge < -0.3 is 0 Å². The molecule has 0 aliphatic carbocycles. The molecule has 0 saturated carbocycles. The maximum absolute atomic E-state index is 10.8. The first-order valence-corrected chi connectivity index (χ1v) is 5.63. The van der Waals surface area contributed by atoms with Gasteiger partial charge in [-0.3, -0.25) is 9.51 Å². The first kappa shape index (κ1) is 12.0. The Kier molecular flexibility index (Phi) is 4.12. The van der Waals surface area contributed by atoms with Crippen LogP contribution in [0.15, 0.2) is 9.32 Å². The summed E-state index contributed by atoms with van der Waals surface area (Å²) in [7, 11) is 0. The fourth-order valence-electron chi connectivity index (χ4n) is 1.63. The standard InChI is InChI=1S/C11H20N2O2/c1-4-5-6-7-8-11(2,3)9-12-10(14)15-13-9/h4-8H2,1-3H3,(H,12,13,14). The van der Waals surface area contributed by atoms with E-state index in [2.05, 4.69) is 35.4 Å². The largest absolute Gasteiger partial charge is 0.438 e. The highest BCUT2D eigenvalue weighted by Gasteiger charge is 2.24. The van der Waals surface area contributed by atoms with Gasteiger partial charge in [0.15, 0.2) is 5.82 Å². The van der Waals surface area contributed by atoms with Gasteiger partial charge in [0.05, 0.1) is 0 Å². The number of aromatic amines is 1. The number of aromatic nitrogens is 2. The molecule has 4 heteroatoms. The van der Waals surface area contributed by atoms with E-state index in [9.17, 15) is 4.79 Å². The first-order valence-electron chi connectivity index (χ1n) is 5.63. The van der Waals surface area contributed by atoms with E-state index in [1.165, 1.54) is 19.3 Å². The van der Waals surface area contributed by atoms with Crippen LogP contribution in [0.1, 0.15) is 58.7 Å². The van der Waals surface area contributed by atoms with E-state index in [4.69, 9.17) is 0 Å². The van der Waals surface area contributed by atoms with E-state index < -0.39 is 5.76 Å². The number of rotatable bonds is 6. The van der Waals surface area contributed by atoms with Crippen LogP contribution in [0.5, 0.6) is 0 Å². The van der Waals surface area contributed by atoms with Gasteiger partial charge in [0.1, 0.15) is 0 Å². The summed E-state index contributed by atoms with van der Waals surface area (Å²) in [6.07, 6.45) is 5.93. The van der Waals surface area contributed by atoms with E-state index in [1.54, 1.807) is 0 Å². The molecule has 1 aromatic heterocycles. The van der Waals surface area contributed by atoms with E-state index >= 15 is 0 Å². The molecule has 0 aromatic carbocycles. The lowest BCUT2D eigenvalue weighted by Crippen LogP contribution is -2.20.